The van der Waals surface area contributed by atoms with Crippen molar-refractivity contribution in [1.82, 2.24) is 9.38 Å². The van der Waals surface area contributed by atoms with Crippen molar-refractivity contribution in [2.75, 3.05) is 18.0 Å². The summed E-state index contributed by atoms with van der Waals surface area (Å²) < 4.78 is 2.04. The van der Waals surface area contributed by atoms with Crippen molar-refractivity contribution < 1.29 is 5.11 Å². The van der Waals surface area contributed by atoms with Crippen LogP contribution in [0, 0.1) is 0 Å². The normalized spacial score (nSPS) is 21.3. The number of hydrogen-bond donors (Lipinski definition) is 2. The van der Waals surface area contributed by atoms with Gasteiger partial charge in [0.15, 0.2) is 10.8 Å². The summed E-state index contributed by atoms with van der Waals surface area (Å²) in [7, 11) is 0. The van der Waals surface area contributed by atoms with Gasteiger partial charge in [0.2, 0.25) is 0 Å². The Labute approximate surface area is 103 Å². The molecule has 3 N–H and O–H groups in total. The molecule has 0 radical (unpaired) electrons. The minimum absolute atomic E-state index is 0.242. The molecule has 1 aliphatic heterocycles. The van der Waals surface area contributed by atoms with Crippen molar-refractivity contribution in [1.29, 1.82) is 0 Å². The fourth-order valence-electron chi connectivity index (χ4n) is 2.41. The highest BCUT2D eigenvalue weighted by molar-refractivity contribution is 7.15. The Kier molecular flexibility index (Phi) is 2.78. The van der Waals surface area contributed by atoms with Gasteiger partial charge in [0.25, 0.3) is 0 Å². The van der Waals surface area contributed by atoms with E-state index in [0.717, 1.165) is 35.9 Å². The van der Waals surface area contributed by atoms with Crippen LogP contribution in [0.15, 0.2) is 11.6 Å². The molecule has 0 amide bonds. The zero-order valence-electron chi connectivity index (χ0n) is 9.54. The van der Waals surface area contributed by atoms with Crippen molar-refractivity contribution in [3.8, 4) is 0 Å². The molecule has 1 fully saturated rings. The molecule has 5 nitrogen and oxygen atoms in total. The van der Waals surface area contributed by atoms with Gasteiger partial charge < -0.3 is 15.7 Å². The van der Waals surface area contributed by atoms with Crippen LogP contribution in [0.1, 0.15) is 18.5 Å². The first kappa shape index (κ1) is 11.0. The highest BCUT2D eigenvalue weighted by Crippen LogP contribution is 2.26. The fourth-order valence-corrected chi connectivity index (χ4v) is 3.14. The Morgan fingerprint density at radius 1 is 1.59 bits per heavy atom. The topological polar surface area (TPSA) is 66.8 Å². The maximum Gasteiger partial charge on any atom is 0.195 e. The number of anilines is 1. The van der Waals surface area contributed by atoms with Crippen LogP contribution < -0.4 is 10.6 Å². The highest BCUT2D eigenvalue weighted by Gasteiger charge is 2.23. The van der Waals surface area contributed by atoms with Crippen LogP contribution in [0.5, 0.6) is 0 Å². The smallest absolute Gasteiger partial charge is 0.195 e. The number of aromatic nitrogens is 2. The highest BCUT2D eigenvalue weighted by atomic mass is 32.1. The van der Waals surface area contributed by atoms with Crippen molar-refractivity contribution in [2.24, 2.45) is 5.73 Å². The Morgan fingerprint density at radius 2 is 2.47 bits per heavy atom. The lowest BCUT2D eigenvalue weighted by molar-refractivity contribution is 0.154. The number of aliphatic hydroxyl groups excluding tert-OH is 1. The number of piperidine rings is 1. The number of nitrogens with two attached hydrogens (primary N) is 1. The molecule has 0 spiro atoms. The summed E-state index contributed by atoms with van der Waals surface area (Å²) >= 11 is 1.61. The Balaban J connectivity index is 2.00. The van der Waals surface area contributed by atoms with Gasteiger partial charge in [0.05, 0.1) is 11.8 Å². The summed E-state index contributed by atoms with van der Waals surface area (Å²) in [6.07, 6.45) is 3.65. The molecule has 1 atom stereocenters. The largest absolute Gasteiger partial charge is 0.391 e. The first-order valence-electron chi connectivity index (χ1n) is 5.87. The van der Waals surface area contributed by atoms with E-state index in [-0.39, 0.29) is 6.10 Å². The molecule has 6 heteroatoms. The molecule has 92 valence electrons. The van der Waals surface area contributed by atoms with Crippen molar-refractivity contribution >= 4 is 22.1 Å². The van der Waals surface area contributed by atoms with Crippen molar-refractivity contribution in [3.63, 3.8) is 0 Å². The van der Waals surface area contributed by atoms with Gasteiger partial charge in [-0.15, -0.1) is 11.3 Å². The number of hydrogen-bond acceptors (Lipinski definition) is 5. The average molecular weight is 252 g/mol. The van der Waals surface area contributed by atoms with E-state index in [0.29, 0.717) is 13.1 Å². The monoisotopic (exact) mass is 252 g/mol. The number of fused-ring (bicyclic) bond motifs is 1. The molecule has 1 saturated heterocycles. The van der Waals surface area contributed by atoms with Crippen molar-refractivity contribution in [2.45, 2.75) is 25.5 Å². The van der Waals surface area contributed by atoms with Gasteiger partial charge in [-0.05, 0) is 12.8 Å². The van der Waals surface area contributed by atoms with Crippen LogP contribution in [0.25, 0.3) is 4.96 Å². The maximum absolute atomic E-state index is 9.73. The molecule has 0 aliphatic carbocycles. The lowest BCUT2D eigenvalue weighted by atomic mass is 10.1. The van der Waals surface area contributed by atoms with E-state index >= 15 is 0 Å². The molecule has 2 aromatic rings. The van der Waals surface area contributed by atoms with Gasteiger partial charge in [-0.2, -0.15) is 0 Å². The van der Waals surface area contributed by atoms with Crippen LogP contribution >= 0.6 is 11.3 Å². The van der Waals surface area contributed by atoms with Gasteiger partial charge >= 0.3 is 0 Å². The molecule has 1 aliphatic rings. The van der Waals surface area contributed by atoms with Crippen LogP contribution in [0.4, 0.5) is 5.82 Å². The molecule has 17 heavy (non-hydrogen) atoms. The molecule has 3 heterocycles. The number of imidazole rings is 1. The van der Waals surface area contributed by atoms with Crippen molar-refractivity contribution in [3.05, 3.63) is 17.3 Å². The molecule has 3 rings (SSSR count). The predicted molar refractivity (Wildman–Crippen MR) is 68.4 cm³/mol. The minimum atomic E-state index is -0.242. The molecule has 0 saturated carbocycles. The number of rotatable bonds is 2. The fraction of sp³-hybridized carbons (Fsp3) is 0.545. The predicted octanol–water partition coefficient (Wildman–Crippen LogP) is 0.816. The van der Waals surface area contributed by atoms with Crippen LogP contribution in [0.3, 0.4) is 0 Å². The number of β-amino-alcohol motifs (C(OH)–C–C–N with tert-alkyl or cyclic N) is 1. The van der Waals surface area contributed by atoms with E-state index in [1.807, 2.05) is 16.0 Å². The van der Waals surface area contributed by atoms with Crippen LogP contribution in [-0.4, -0.2) is 33.7 Å². The Hall–Kier alpha value is -1.11. The third-order valence-electron chi connectivity index (χ3n) is 3.23. The molecule has 0 bridgehead atoms. The van der Waals surface area contributed by atoms with E-state index in [2.05, 4.69) is 9.88 Å². The second-order valence-corrected chi connectivity index (χ2v) is 5.26. The number of aliphatic hydroxyl groups is 1. The lowest BCUT2D eigenvalue weighted by Gasteiger charge is -2.30. The summed E-state index contributed by atoms with van der Waals surface area (Å²) in [5, 5.41) is 11.7. The third kappa shape index (κ3) is 1.82. The first-order valence-corrected chi connectivity index (χ1v) is 6.75. The van der Waals surface area contributed by atoms with Crippen LogP contribution in [0.2, 0.25) is 0 Å². The zero-order valence-corrected chi connectivity index (χ0v) is 10.4. The second kappa shape index (κ2) is 4.29. The SMILES string of the molecule is NCc1c(N2CCCC(O)C2)nc2sccn12. The number of nitrogens with zero attached hydrogens (tertiary/aromatic N) is 3. The van der Waals surface area contributed by atoms with Gasteiger partial charge in [0, 0.05) is 31.2 Å². The van der Waals surface area contributed by atoms with E-state index < -0.39 is 0 Å². The number of thiazole rings is 1. The minimum Gasteiger partial charge on any atom is -0.391 e. The molecule has 1 unspecified atom stereocenters. The second-order valence-electron chi connectivity index (χ2n) is 4.38. The summed E-state index contributed by atoms with van der Waals surface area (Å²) in [6.45, 7) is 2.09. The van der Waals surface area contributed by atoms with Gasteiger partial charge in [-0.3, -0.25) is 4.40 Å². The first-order chi connectivity index (χ1) is 8.29. The molecule has 0 aromatic carbocycles. The summed E-state index contributed by atoms with van der Waals surface area (Å²) in [5.74, 6) is 0.943. The van der Waals surface area contributed by atoms with Gasteiger partial charge in [-0.1, -0.05) is 0 Å². The Morgan fingerprint density at radius 3 is 3.24 bits per heavy atom. The van der Waals surface area contributed by atoms with Gasteiger partial charge in [0.1, 0.15) is 0 Å². The standard InChI is InChI=1S/C11H16N4OS/c12-6-9-10(13-11-15(9)4-5-17-11)14-3-1-2-8(16)7-14/h4-5,8,16H,1-3,6-7,12H2. The third-order valence-corrected chi connectivity index (χ3v) is 3.99. The van der Waals surface area contributed by atoms with E-state index in [1.165, 1.54) is 0 Å². The molecular weight excluding hydrogens is 236 g/mol. The van der Waals surface area contributed by atoms with E-state index in [4.69, 9.17) is 5.73 Å². The summed E-state index contributed by atoms with van der Waals surface area (Å²) in [4.78, 5) is 7.74. The van der Waals surface area contributed by atoms with Crippen LogP contribution in [-0.2, 0) is 6.54 Å². The lowest BCUT2D eigenvalue weighted by Crippen LogP contribution is -2.39. The van der Waals surface area contributed by atoms with E-state index in [1.54, 1.807) is 11.3 Å². The zero-order chi connectivity index (χ0) is 11.8. The average Bonchev–Trinajstić information content (AvgIpc) is 2.88. The molecule has 2 aromatic heterocycles. The summed E-state index contributed by atoms with van der Waals surface area (Å²) in [5.41, 5.74) is 6.85. The molecular formula is C11H16N4OS. The van der Waals surface area contributed by atoms with Gasteiger partial charge in [-0.25, -0.2) is 4.98 Å². The Bertz CT molecular complexity index is 520. The summed E-state index contributed by atoms with van der Waals surface area (Å²) in [6, 6.07) is 0. The quantitative estimate of drug-likeness (QED) is 0.830. The maximum atomic E-state index is 9.73. The van der Waals surface area contributed by atoms with E-state index in [9.17, 15) is 5.11 Å².